The van der Waals surface area contributed by atoms with Crippen LogP contribution >= 0.6 is 0 Å². The third kappa shape index (κ3) is 3.51. The lowest BCUT2D eigenvalue weighted by Crippen LogP contribution is -2.42. The predicted molar refractivity (Wildman–Crippen MR) is 60.8 cm³/mol. The summed E-state index contributed by atoms with van der Waals surface area (Å²) in [7, 11) is 0. The van der Waals surface area contributed by atoms with E-state index in [1.165, 1.54) is 0 Å². The quantitative estimate of drug-likeness (QED) is 0.685. The van der Waals surface area contributed by atoms with Crippen LogP contribution < -0.4 is 0 Å². The van der Waals surface area contributed by atoms with Crippen molar-refractivity contribution < 1.29 is 14.3 Å². The van der Waals surface area contributed by atoms with Crippen LogP contribution in [0.1, 0.15) is 39.5 Å². The Morgan fingerprint density at radius 2 is 2.12 bits per heavy atom. The van der Waals surface area contributed by atoms with Gasteiger partial charge in [0, 0.05) is 19.5 Å². The molecule has 4 nitrogen and oxygen atoms in total. The monoisotopic (exact) mass is 227 g/mol. The van der Waals surface area contributed by atoms with E-state index in [1.54, 1.807) is 11.8 Å². The first-order chi connectivity index (χ1) is 7.69. The fourth-order valence-electron chi connectivity index (χ4n) is 2.03. The van der Waals surface area contributed by atoms with Crippen LogP contribution in [-0.4, -0.2) is 36.5 Å². The van der Waals surface area contributed by atoms with Crippen LogP contribution in [0.3, 0.4) is 0 Å². The van der Waals surface area contributed by atoms with Crippen molar-refractivity contribution >= 4 is 11.9 Å². The standard InChI is InChI=1S/C12H21NO3/c1-3-6-11(14)13-8-5-7-10(9-13)12(15)16-4-2/h10H,3-9H2,1-2H3. The summed E-state index contributed by atoms with van der Waals surface area (Å²) in [6.07, 6.45) is 3.18. The first-order valence-electron chi connectivity index (χ1n) is 6.13. The first-order valence-corrected chi connectivity index (χ1v) is 6.13. The van der Waals surface area contributed by atoms with E-state index < -0.39 is 0 Å². The predicted octanol–water partition coefficient (Wildman–Crippen LogP) is 1.59. The van der Waals surface area contributed by atoms with Crippen molar-refractivity contribution in [3.8, 4) is 0 Å². The number of nitrogens with zero attached hydrogens (tertiary/aromatic N) is 1. The molecule has 1 fully saturated rings. The minimum absolute atomic E-state index is 0.116. The van der Waals surface area contributed by atoms with Crippen molar-refractivity contribution in [2.24, 2.45) is 5.92 Å². The molecule has 1 rings (SSSR count). The molecule has 1 unspecified atom stereocenters. The lowest BCUT2D eigenvalue weighted by molar-refractivity contribution is -0.151. The molecule has 0 spiro atoms. The highest BCUT2D eigenvalue weighted by atomic mass is 16.5. The van der Waals surface area contributed by atoms with Crippen molar-refractivity contribution in [2.45, 2.75) is 39.5 Å². The Labute approximate surface area is 96.9 Å². The maximum Gasteiger partial charge on any atom is 0.310 e. The maximum atomic E-state index is 11.7. The third-order valence-corrected chi connectivity index (χ3v) is 2.86. The molecule has 4 heteroatoms. The van der Waals surface area contributed by atoms with Crippen molar-refractivity contribution in [3.05, 3.63) is 0 Å². The van der Waals surface area contributed by atoms with Crippen LogP contribution in [0.25, 0.3) is 0 Å². The minimum atomic E-state index is -0.156. The molecule has 0 aromatic carbocycles. The molecule has 1 aliphatic rings. The zero-order chi connectivity index (χ0) is 12.0. The second-order valence-electron chi connectivity index (χ2n) is 4.18. The van der Waals surface area contributed by atoms with Crippen LogP contribution in [-0.2, 0) is 14.3 Å². The zero-order valence-electron chi connectivity index (χ0n) is 10.2. The molecule has 1 aliphatic heterocycles. The van der Waals surface area contributed by atoms with E-state index in [9.17, 15) is 9.59 Å². The van der Waals surface area contributed by atoms with Gasteiger partial charge in [0.05, 0.1) is 12.5 Å². The lowest BCUT2D eigenvalue weighted by atomic mass is 9.98. The van der Waals surface area contributed by atoms with Gasteiger partial charge in [-0.05, 0) is 26.2 Å². The molecular weight excluding hydrogens is 206 g/mol. The van der Waals surface area contributed by atoms with Gasteiger partial charge in [-0.15, -0.1) is 0 Å². The van der Waals surface area contributed by atoms with E-state index in [2.05, 4.69) is 0 Å². The highest BCUT2D eigenvalue weighted by Gasteiger charge is 2.28. The van der Waals surface area contributed by atoms with Gasteiger partial charge in [0.2, 0.25) is 5.91 Å². The summed E-state index contributed by atoms with van der Waals surface area (Å²) in [5.74, 6) is -0.109. The average Bonchev–Trinajstić information content (AvgIpc) is 2.30. The van der Waals surface area contributed by atoms with Gasteiger partial charge in [0.25, 0.3) is 0 Å². The number of piperidine rings is 1. The number of carbonyl (C=O) groups excluding carboxylic acids is 2. The SMILES string of the molecule is CCCC(=O)N1CCCC(C(=O)OCC)C1. The number of ether oxygens (including phenoxy) is 1. The maximum absolute atomic E-state index is 11.7. The molecule has 1 saturated heterocycles. The smallest absolute Gasteiger partial charge is 0.310 e. The van der Waals surface area contributed by atoms with Gasteiger partial charge < -0.3 is 9.64 Å². The summed E-state index contributed by atoms with van der Waals surface area (Å²) in [6, 6.07) is 0. The molecule has 0 saturated carbocycles. The van der Waals surface area contributed by atoms with Gasteiger partial charge in [-0.1, -0.05) is 6.92 Å². The van der Waals surface area contributed by atoms with Gasteiger partial charge in [-0.25, -0.2) is 0 Å². The fourth-order valence-corrected chi connectivity index (χ4v) is 2.03. The van der Waals surface area contributed by atoms with Crippen molar-refractivity contribution in [2.75, 3.05) is 19.7 Å². The molecular formula is C12H21NO3. The number of hydrogen-bond donors (Lipinski definition) is 0. The summed E-state index contributed by atoms with van der Waals surface area (Å²) in [5, 5.41) is 0. The van der Waals surface area contributed by atoms with Crippen molar-refractivity contribution in [3.63, 3.8) is 0 Å². The molecule has 1 amide bonds. The van der Waals surface area contributed by atoms with E-state index in [-0.39, 0.29) is 17.8 Å². The number of likely N-dealkylation sites (tertiary alicyclic amines) is 1. The highest BCUT2D eigenvalue weighted by Crippen LogP contribution is 2.18. The van der Waals surface area contributed by atoms with Crippen molar-refractivity contribution in [1.29, 1.82) is 0 Å². The summed E-state index contributed by atoms with van der Waals surface area (Å²) in [5.41, 5.74) is 0. The molecule has 0 aliphatic carbocycles. The van der Waals surface area contributed by atoms with E-state index >= 15 is 0 Å². The molecule has 0 aromatic rings. The van der Waals surface area contributed by atoms with Crippen LogP contribution in [0.4, 0.5) is 0 Å². The molecule has 92 valence electrons. The number of carbonyl (C=O) groups is 2. The Bertz CT molecular complexity index is 229. The molecule has 1 atom stereocenters. The van der Waals surface area contributed by atoms with Crippen LogP contribution in [0.5, 0.6) is 0 Å². The van der Waals surface area contributed by atoms with Crippen LogP contribution in [0, 0.1) is 5.92 Å². The Morgan fingerprint density at radius 1 is 1.38 bits per heavy atom. The van der Waals surface area contributed by atoms with E-state index in [0.29, 0.717) is 19.6 Å². The summed E-state index contributed by atoms with van der Waals surface area (Å²) < 4.78 is 4.99. The Balaban J connectivity index is 2.46. The van der Waals surface area contributed by atoms with E-state index in [4.69, 9.17) is 4.74 Å². The lowest BCUT2D eigenvalue weighted by Gasteiger charge is -2.31. The highest BCUT2D eigenvalue weighted by molar-refractivity contribution is 5.78. The van der Waals surface area contributed by atoms with Gasteiger partial charge >= 0.3 is 5.97 Å². The second kappa shape index (κ2) is 6.51. The van der Waals surface area contributed by atoms with Crippen LogP contribution in [0.2, 0.25) is 0 Å². The minimum Gasteiger partial charge on any atom is -0.466 e. The Hall–Kier alpha value is -1.06. The molecule has 0 N–H and O–H groups in total. The van der Waals surface area contributed by atoms with Gasteiger partial charge in [0.1, 0.15) is 0 Å². The largest absolute Gasteiger partial charge is 0.466 e. The topological polar surface area (TPSA) is 46.6 Å². The first kappa shape index (κ1) is 13.0. The number of amides is 1. The summed E-state index contributed by atoms with van der Waals surface area (Å²) in [4.78, 5) is 25.1. The molecule has 0 radical (unpaired) electrons. The van der Waals surface area contributed by atoms with Gasteiger partial charge in [0.15, 0.2) is 0 Å². The third-order valence-electron chi connectivity index (χ3n) is 2.86. The van der Waals surface area contributed by atoms with E-state index in [0.717, 1.165) is 25.8 Å². The Morgan fingerprint density at radius 3 is 2.75 bits per heavy atom. The Kier molecular flexibility index (Phi) is 5.29. The molecule has 0 aromatic heterocycles. The van der Waals surface area contributed by atoms with Gasteiger partial charge in [-0.2, -0.15) is 0 Å². The summed E-state index contributed by atoms with van der Waals surface area (Å²) in [6.45, 7) is 5.54. The van der Waals surface area contributed by atoms with Crippen LogP contribution in [0.15, 0.2) is 0 Å². The fraction of sp³-hybridized carbons (Fsp3) is 0.833. The van der Waals surface area contributed by atoms with E-state index in [1.807, 2.05) is 6.92 Å². The van der Waals surface area contributed by atoms with Crippen molar-refractivity contribution in [1.82, 2.24) is 4.90 Å². The average molecular weight is 227 g/mol. The summed E-state index contributed by atoms with van der Waals surface area (Å²) >= 11 is 0. The molecule has 16 heavy (non-hydrogen) atoms. The molecule has 0 bridgehead atoms. The molecule has 1 heterocycles. The van der Waals surface area contributed by atoms with Gasteiger partial charge in [-0.3, -0.25) is 9.59 Å². The normalized spacial score (nSPS) is 20.6. The number of hydrogen-bond acceptors (Lipinski definition) is 3. The number of esters is 1. The zero-order valence-corrected chi connectivity index (χ0v) is 10.2. The second-order valence-corrected chi connectivity index (χ2v) is 4.18. The number of rotatable bonds is 4.